The number of nitrogens with zero attached hydrogens (tertiary/aromatic N) is 1. The molecular weight excluding hydrogens is 392 g/mol. The molecular formula is C21H24N2O7. The normalized spacial score (nSPS) is 21.1. The number of nitrogens with one attached hydrogen (secondary N) is 1. The summed E-state index contributed by atoms with van der Waals surface area (Å²) in [5.74, 6) is -2.06. The van der Waals surface area contributed by atoms with Gasteiger partial charge >= 0.3 is 5.97 Å². The van der Waals surface area contributed by atoms with Gasteiger partial charge in [0.25, 0.3) is 5.91 Å². The Kier molecular flexibility index (Phi) is 6.39. The Morgan fingerprint density at radius 3 is 2.30 bits per heavy atom. The van der Waals surface area contributed by atoms with Gasteiger partial charge in [0.1, 0.15) is 17.5 Å². The van der Waals surface area contributed by atoms with E-state index in [9.17, 15) is 19.2 Å². The van der Waals surface area contributed by atoms with Crippen molar-refractivity contribution < 1.29 is 33.4 Å². The van der Waals surface area contributed by atoms with Crippen molar-refractivity contribution in [3.05, 3.63) is 30.4 Å². The molecule has 1 aromatic carbocycles. The Bertz CT molecular complexity index is 869. The summed E-state index contributed by atoms with van der Waals surface area (Å²) in [5, 5.41) is 2.58. The second-order valence-electron chi connectivity index (χ2n) is 7.10. The minimum Gasteiger partial charge on any atom is -0.497 e. The predicted molar refractivity (Wildman–Crippen MR) is 106 cm³/mol. The molecule has 0 bridgehead atoms. The lowest BCUT2D eigenvalue weighted by molar-refractivity contribution is -0.159. The maximum Gasteiger partial charge on any atom is 0.329 e. The molecule has 1 aliphatic heterocycles. The lowest BCUT2D eigenvalue weighted by atomic mass is 9.85. The first kappa shape index (κ1) is 21.4. The Morgan fingerprint density at radius 2 is 1.73 bits per heavy atom. The number of likely N-dealkylation sites (tertiary alicyclic amines) is 1. The van der Waals surface area contributed by atoms with Crippen molar-refractivity contribution in [2.24, 2.45) is 11.8 Å². The molecule has 1 heterocycles. The summed E-state index contributed by atoms with van der Waals surface area (Å²) in [6.07, 6.45) is 4.71. The molecule has 9 heteroatoms. The van der Waals surface area contributed by atoms with E-state index in [-0.39, 0.29) is 11.8 Å². The number of imide groups is 1. The van der Waals surface area contributed by atoms with Crippen LogP contribution in [0.1, 0.15) is 19.8 Å². The van der Waals surface area contributed by atoms with Crippen LogP contribution < -0.4 is 14.8 Å². The topological polar surface area (TPSA) is 111 Å². The average Bonchev–Trinajstić information content (AvgIpc) is 3.02. The molecule has 0 unspecified atom stereocenters. The molecule has 1 fully saturated rings. The molecule has 0 aromatic heterocycles. The Morgan fingerprint density at radius 1 is 1.10 bits per heavy atom. The summed E-state index contributed by atoms with van der Waals surface area (Å²) in [7, 11) is 2.96. The molecule has 1 aliphatic carbocycles. The summed E-state index contributed by atoms with van der Waals surface area (Å²) in [6, 6.07) is 3.74. The third-order valence-corrected chi connectivity index (χ3v) is 5.30. The van der Waals surface area contributed by atoms with Crippen molar-refractivity contribution >= 4 is 29.4 Å². The zero-order valence-electron chi connectivity index (χ0n) is 17.0. The van der Waals surface area contributed by atoms with Gasteiger partial charge in [-0.25, -0.2) is 4.79 Å². The number of rotatable bonds is 7. The van der Waals surface area contributed by atoms with E-state index < -0.39 is 36.4 Å². The number of methoxy groups -OCH3 is 2. The van der Waals surface area contributed by atoms with E-state index in [1.54, 1.807) is 18.2 Å². The zero-order valence-corrected chi connectivity index (χ0v) is 17.0. The number of hydrogen-bond donors (Lipinski definition) is 1. The summed E-state index contributed by atoms with van der Waals surface area (Å²) in [4.78, 5) is 50.7. The molecule has 0 spiro atoms. The Hall–Kier alpha value is -3.36. The number of hydrogen-bond acceptors (Lipinski definition) is 7. The second-order valence-corrected chi connectivity index (χ2v) is 7.10. The molecule has 160 valence electrons. The van der Waals surface area contributed by atoms with Gasteiger partial charge in [0.2, 0.25) is 11.8 Å². The van der Waals surface area contributed by atoms with Gasteiger partial charge in [-0.3, -0.25) is 19.3 Å². The summed E-state index contributed by atoms with van der Waals surface area (Å²) in [6.45, 7) is 0.857. The number of amides is 3. The van der Waals surface area contributed by atoms with Crippen LogP contribution in [0.15, 0.2) is 30.4 Å². The maximum atomic E-state index is 12.6. The first-order chi connectivity index (χ1) is 14.4. The van der Waals surface area contributed by atoms with Crippen LogP contribution in [0.3, 0.4) is 0 Å². The van der Waals surface area contributed by atoms with E-state index in [1.165, 1.54) is 21.1 Å². The van der Waals surface area contributed by atoms with Crippen LogP contribution in [0, 0.1) is 11.8 Å². The SMILES string of the molecule is COc1ccc(NC(=O)COC(=O)[C@H](C)N2C(=O)[C@H]3CC=CC[C@H]3C2=O)c(OC)c1. The van der Waals surface area contributed by atoms with Gasteiger partial charge in [0.05, 0.1) is 31.7 Å². The largest absolute Gasteiger partial charge is 0.497 e. The smallest absolute Gasteiger partial charge is 0.329 e. The van der Waals surface area contributed by atoms with Crippen molar-refractivity contribution in [2.75, 3.05) is 26.1 Å². The molecule has 30 heavy (non-hydrogen) atoms. The number of benzene rings is 1. The number of carbonyl (C=O) groups excluding carboxylic acids is 4. The van der Waals surface area contributed by atoms with Crippen molar-refractivity contribution in [3.63, 3.8) is 0 Å². The number of ether oxygens (including phenoxy) is 3. The Balaban J connectivity index is 1.57. The highest BCUT2D eigenvalue weighted by atomic mass is 16.5. The molecule has 3 amide bonds. The second kappa shape index (κ2) is 8.98. The van der Waals surface area contributed by atoms with E-state index in [1.807, 2.05) is 12.2 Å². The molecule has 1 N–H and O–H groups in total. The van der Waals surface area contributed by atoms with E-state index in [0.29, 0.717) is 30.0 Å². The Labute approximate surface area is 174 Å². The van der Waals surface area contributed by atoms with Crippen LogP contribution in [0.5, 0.6) is 11.5 Å². The molecule has 2 aliphatic rings. The highest BCUT2D eigenvalue weighted by Crippen LogP contribution is 2.36. The molecule has 0 radical (unpaired) electrons. The van der Waals surface area contributed by atoms with Crippen LogP contribution in [0.4, 0.5) is 5.69 Å². The highest BCUT2D eigenvalue weighted by Gasteiger charge is 2.50. The van der Waals surface area contributed by atoms with Crippen molar-refractivity contribution in [2.45, 2.75) is 25.8 Å². The van der Waals surface area contributed by atoms with Gasteiger partial charge in [0.15, 0.2) is 6.61 Å². The summed E-state index contributed by atoms with van der Waals surface area (Å²) in [5.41, 5.74) is 0.383. The fourth-order valence-corrected chi connectivity index (χ4v) is 3.66. The van der Waals surface area contributed by atoms with Gasteiger partial charge in [-0.2, -0.15) is 0 Å². The lowest BCUT2D eigenvalue weighted by Crippen LogP contribution is -2.45. The first-order valence-corrected chi connectivity index (χ1v) is 9.57. The molecule has 1 saturated heterocycles. The van der Waals surface area contributed by atoms with Crippen LogP contribution >= 0.6 is 0 Å². The van der Waals surface area contributed by atoms with Crippen molar-refractivity contribution in [3.8, 4) is 11.5 Å². The lowest BCUT2D eigenvalue weighted by Gasteiger charge is -2.21. The molecule has 1 aromatic rings. The quantitative estimate of drug-likeness (QED) is 0.408. The molecule has 3 atom stereocenters. The van der Waals surface area contributed by atoms with Gasteiger partial charge in [-0.05, 0) is 31.9 Å². The minimum absolute atomic E-state index is 0.369. The van der Waals surface area contributed by atoms with Crippen LogP contribution in [0.25, 0.3) is 0 Å². The summed E-state index contributed by atoms with van der Waals surface area (Å²) < 4.78 is 15.3. The summed E-state index contributed by atoms with van der Waals surface area (Å²) >= 11 is 0. The molecule has 3 rings (SSSR count). The third-order valence-electron chi connectivity index (χ3n) is 5.30. The monoisotopic (exact) mass is 416 g/mol. The first-order valence-electron chi connectivity index (χ1n) is 9.57. The maximum absolute atomic E-state index is 12.6. The van der Waals surface area contributed by atoms with E-state index in [0.717, 1.165) is 4.90 Å². The fourth-order valence-electron chi connectivity index (χ4n) is 3.66. The van der Waals surface area contributed by atoms with Gasteiger partial charge in [0, 0.05) is 6.07 Å². The molecule has 0 saturated carbocycles. The fraction of sp³-hybridized carbons (Fsp3) is 0.429. The molecule has 9 nitrogen and oxygen atoms in total. The van der Waals surface area contributed by atoms with Gasteiger partial charge in [-0.15, -0.1) is 0 Å². The van der Waals surface area contributed by atoms with Crippen molar-refractivity contribution in [1.29, 1.82) is 0 Å². The number of fused-ring (bicyclic) bond motifs is 1. The third kappa shape index (κ3) is 4.14. The van der Waals surface area contributed by atoms with E-state index in [4.69, 9.17) is 14.2 Å². The standard InChI is InChI=1S/C21H24N2O7/c1-12(23-19(25)14-6-4-5-7-15(14)20(23)26)21(27)30-11-18(24)22-16-9-8-13(28-2)10-17(16)29-3/h4-5,8-10,12,14-15H,6-7,11H2,1-3H3,(H,22,24)/t12-,14-,15+/m0/s1. The van der Waals surface area contributed by atoms with Crippen LogP contribution in [-0.4, -0.2) is 55.5 Å². The van der Waals surface area contributed by atoms with Gasteiger partial charge in [-0.1, -0.05) is 12.2 Å². The highest BCUT2D eigenvalue weighted by molar-refractivity contribution is 6.08. The number of allylic oxidation sites excluding steroid dienone is 2. The zero-order chi connectivity index (χ0) is 21.8. The minimum atomic E-state index is -1.10. The van der Waals surface area contributed by atoms with Crippen LogP contribution in [-0.2, 0) is 23.9 Å². The van der Waals surface area contributed by atoms with Crippen LogP contribution in [0.2, 0.25) is 0 Å². The number of esters is 1. The average molecular weight is 416 g/mol. The van der Waals surface area contributed by atoms with Gasteiger partial charge < -0.3 is 19.5 Å². The van der Waals surface area contributed by atoms with Crippen molar-refractivity contribution in [1.82, 2.24) is 4.90 Å². The van der Waals surface area contributed by atoms with E-state index >= 15 is 0 Å². The predicted octanol–water partition coefficient (Wildman–Crippen LogP) is 1.53. The number of anilines is 1. The van der Waals surface area contributed by atoms with E-state index in [2.05, 4.69) is 5.32 Å². The number of carbonyl (C=O) groups is 4.